The Morgan fingerprint density at radius 3 is 2.31 bits per heavy atom. The van der Waals surface area contributed by atoms with Crippen LogP contribution in [0.2, 0.25) is 0 Å². The first kappa shape index (κ1) is 21.9. The number of aryl methyl sites for hydroxylation is 3. The standard InChI is InChI=1S/C29H30O3/c1-18-7-8-19(2)22(13-18)17-31-24-14-20(3)27-25(16-24)32-26(28(27)30)15-21-9-11-23(12-10-21)29(4,5)6/h7-16H,17H2,1-6H3/b26-15-. The van der Waals surface area contributed by atoms with Gasteiger partial charge in [0.05, 0.1) is 5.56 Å². The minimum Gasteiger partial charge on any atom is -0.489 e. The van der Waals surface area contributed by atoms with Crippen molar-refractivity contribution in [1.29, 1.82) is 0 Å². The summed E-state index contributed by atoms with van der Waals surface area (Å²) in [6.07, 6.45) is 1.81. The molecule has 3 aromatic rings. The number of hydrogen-bond acceptors (Lipinski definition) is 3. The van der Waals surface area contributed by atoms with Crippen molar-refractivity contribution in [2.75, 3.05) is 0 Å². The van der Waals surface area contributed by atoms with Crippen LogP contribution in [0, 0.1) is 20.8 Å². The molecule has 0 spiro atoms. The van der Waals surface area contributed by atoms with E-state index < -0.39 is 0 Å². The van der Waals surface area contributed by atoms with Gasteiger partial charge in [-0.2, -0.15) is 0 Å². The van der Waals surface area contributed by atoms with E-state index >= 15 is 0 Å². The molecular weight excluding hydrogens is 396 g/mol. The Bertz CT molecular complexity index is 1210. The van der Waals surface area contributed by atoms with Gasteiger partial charge >= 0.3 is 0 Å². The van der Waals surface area contributed by atoms with Crippen molar-refractivity contribution in [3.63, 3.8) is 0 Å². The van der Waals surface area contributed by atoms with Gasteiger partial charge in [-0.1, -0.05) is 68.8 Å². The zero-order valence-corrected chi connectivity index (χ0v) is 19.7. The Morgan fingerprint density at radius 2 is 1.62 bits per heavy atom. The first-order chi connectivity index (χ1) is 15.1. The normalized spacial score (nSPS) is 14.4. The second-order valence-corrected chi connectivity index (χ2v) is 9.64. The molecule has 3 heteroatoms. The number of benzene rings is 3. The van der Waals surface area contributed by atoms with Crippen molar-refractivity contribution in [3.8, 4) is 11.5 Å². The van der Waals surface area contributed by atoms with E-state index in [0.717, 1.165) is 16.7 Å². The van der Waals surface area contributed by atoms with Gasteiger partial charge in [-0.15, -0.1) is 0 Å². The van der Waals surface area contributed by atoms with Crippen molar-refractivity contribution in [2.45, 2.75) is 53.6 Å². The number of Topliss-reactive ketones (excluding diaryl/α,β-unsaturated/α-hetero) is 1. The molecule has 0 saturated heterocycles. The molecule has 1 aliphatic rings. The Balaban J connectivity index is 1.55. The fourth-order valence-corrected chi connectivity index (χ4v) is 3.91. The van der Waals surface area contributed by atoms with Crippen LogP contribution in [0.15, 0.2) is 60.4 Å². The summed E-state index contributed by atoms with van der Waals surface area (Å²) in [5, 5.41) is 0. The third kappa shape index (κ3) is 4.47. The molecule has 0 unspecified atom stereocenters. The highest BCUT2D eigenvalue weighted by Gasteiger charge is 2.30. The van der Waals surface area contributed by atoms with Crippen LogP contribution in [0.1, 0.15) is 64.5 Å². The molecule has 0 aliphatic carbocycles. The number of fused-ring (bicyclic) bond motifs is 1. The summed E-state index contributed by atoms with van der Waals surface area (Å²) in [6.45, 7) is 13.1. The highest BCUT2D eigenvalue weighted by Crippen LogP contribution is 2.38. The Kier molecular flexibility index (Phi) is 5.68. The lowest BCUT2D eigenvalue weighted by Crippen LogP contribution is -2.10. The third-order valence-electron chi connectivity index (χ3n) is 5.92. The molecule has 0 aromatic heterocycles. The van der Waals surface area contributed by atoms with Gasteiger partial charge in [0.25, 0.3) is 0 Å². The molecule has 0 atom stereocenters. The molecule has 3 nitrogen and oxygen atoms in total. The zero-order chi connectivity index (χ0) is 23.0. The Morgan fingerprint density at radius 1 is 0.906 bits per heavy atom. The molecule has 32 heavy (non-hydrogen) atoms. The van der Waals surface area contributed by atoms with Gasteiger partial charge in [-0.05, 0) is 66.1 Å². The molecular formula is C29H30O3. The molecule has 0 N–H and O–H groups in total. The molecule has 4 rings (SSSR count). The molecule has 0 radical (unpaired) electrons. The Labute approximate surface area is 190 Å². The van der Waals surface area contributed by atoms with Gasteiger partial charge in [0.1, 0.15) is 18.1 Å². The third-order valence-corrected chi connectivity index (χ3v) is 5.92. The minimum atomic E-state index is -0.0847. The van der Waals surface area contributed by atoms with Crippen LogP contribution < -0.4 is 9.47 Å². The maximum absolute atomic E-state index is 13.0. The largest absolute Gasteiger partial charge is 0.489 e. The number of ether oxygens (including phenoxy) is 2. The van der Waals surface area contributed by atoms with Crippen molar-refractivity contribution >= 4 is 11.9 Å². The quantitative estimate of drug-likeness (QED) is 0.417. The second kappa shape index (κ2) is 8.31. The van der Waals surface area contributed by atoms with E-state index in [4.69, 9.17) is 9.47 Å². The number of ketones is 1. The summed E-state index contributed by atoms with van der Waals surface area (Å²) in [4.78, 5) is 13.0. The summed E-state index contributed by atoms with van der Waals surface area (Å²) < 4.78 is 12.0. The van der Waals surface area contributed by atoms with Crippen molar-refractivity contribution < 1.29 is 14.3 Å². The van der Waals surface area contributed by atoms with Crippen LogP contribution in [-0.2, 0) is 12.0 Å². The van der Waals surface area contributed by atoms with Gasteiger partial charge in [0, 0.05) is 6.07 Å². The lowest BCUT2D eigenvalue weighted by Gasteiger charge is -2.18. The molecule has 164 valence electrons. The highest BCUT2D eigenvalue weighted by molar-refractivity contribution is 6.15. The molecule has 1 aliphatic heterocycles. The topological polar surface area (TPSA) is 35.5 Å². The first-order valence-electron chi connectivity index (χ1n) is 11.0. The number of carbonyl (C=O) groups is 1. The maximum Gasteiger partial charge on any atom is 0.232 e. The van der Waals surface area contributed by atoms with Gasteiger partial charge in [-0.3, -0.25) is 4.79 Å². The van der Waals surface area contributed by atoms with Crippen LogP contribution in [0.4, 0.5) is 0 Å². The van der Waals surface area contributed by atoms with E-state index in [1.165, 1.54) is 16.7 Å². The van der Waals surface area contributed by atoms with E-state index in [-0.39, 0.29) is 11.2 Å². The predicted octanol–water partition coefficient (Wildman–Crippen LogP) is 7.10. The number of hydrogen-bond donors (Lipinski definition) is 0. The van der Waals surface area contributed by atoms with Crippen LogP contribution in [-0.4, -0.2) is 5.78 Å². The van der Waals surface area contributed by atoms with Gasteiger partial charge in [-0.25, -0.2) is 0 Å². The van der Waals surface area contributed by atoms with E-state index in [1.54, 1.807) is 0 Å². The monoisotopic (exact) mass is 426 g/mol. The average Bonchev–Trinajstić information content (AvgIpc) is 3.04. The summed E-state index contributed by atoms with van der Waals surface area (Å²) >= 11 is 0. The SMILES string of the molecule is Cc1ccc(C)c(COc2cc(C)c3c(c2)O/C(=C\c2ccc(C(C)(C)C)cc2)C3=O)c1. The molecule has 0 bridgehead atoms. The maximum atomic E-state index is 13.0. The lowest BCUT2D eigenvalue weighted by molar-refractivity contribution is 0.101. The fraction of sp³-hybridized carbons (Fsp3) is 0.276. The summed E-state index contributed by atoms with van der Waals surface area (Å²) in [6, 6.07) is 18.3. The van der Waals surface area contributed by atoms with Crippen molar-refractivity contribution in [2.24, 2.45) is 0 Å². The molecule has 0 amide bonds. The Hall–Kier alpha value is -3.33. The summed E-state index contributed by atoms with van der Waals surface area (Å²) in [5.41, 5.74) is 7.31. The molecule has 0 saturated carbocycles. The summed E-state index contributed by atoms with van der Waals surface area (Å²) in [7, 11) is 0. The number of carbonyl (C=O) groups excluding carboxylic acids is 1. The van der Waals surface area contributed by atoms with Crippen LogP contribution in [0.25, 0.3) is 6.08 Å². The zero-order valence-electron chi connectivity index (χ0n) is 19.7. The first-order valence-corrected chi connectivity index (χ1v) is 11.0. The van der Waals surface area contributed by atoms with E-state index in [9.17, 15) is 4.79 Å². The number of allylic oxidation sites excluding steroid dienone is 1. The molecule has 3 aromatic carbocycles. The van der Waals surface area contributed by atoms with Crippen LogP contribution in [0.5, 0.6) is 11.5 Å². The summed E-state index contributed by atoms with van der Waals surface area (Å²) in [5.74, 6) is 1.52. The lowest BCUT2D eigenvalue weighted by atomic mass is 9.86. The fourth-order valence-electron chi connectivity index (χ4n) is 3.91. The van der Waals surface area contributed by atoms with E-state index in [1.807, 2.05) is 37.3 Å². The van der Waals surface area contributed by atoms with Crippen LogP contribution in [0.3, 0.4) is 0 Å². The van der Waals surface area contributed by atoms with Gasteiger partial charge in [0.2, 0.25) is 5.78 Å². The highest BCUT2D eigenvalue weighted by atomic mass is 16.5. The number of rotatable bonds is 4. The van der Waals surface area contributed by atoms with Crippen molar-refractivity contribution in [1.82, 2.24) is 0 Å². The second-order valence-electron chi connectivity index (χ2n) is 9.64. The van der Waals surface area contributed by atoms with Crippen LogP contribution >= 0.6 is 0 Å². The van der Waals surface area contributed by atoms with Gasteiger partial charge in [0.15, 0.2) is 5.76 Å². The average molecular weight is 427 g/mol. The molecule has 0 fully saturated rings. The van der Waals surface area contributed by atoms with Crippen molar-refractivity contribution in [3.05, 3.63) is 99.3 Å². The molecule has 1 heterocycles. The smallest absolute Gasteiger partial charge is 0.232 e. The predicted molar refractivity (Wildman–Crippen MR) is 130 cm³/mol. The minimum absolute atomic E-state index is 0.0847. The van der Waals surface area contributed by atoms with E-state index in [0.29, 0.717) is 29.4 Å². The van der Waals surface area contributed by atoms with Gasteiger partial charge < -0.3 is 9.47 Å². The van der Waals surface area contributed by atoms with E-state index in [2.05, 4.69) is 65.0 Å².